The monoisotopic (exact) mass is 394 g/mol. The summed E-state index contributed by atoms with van der Waals surface area (Å²) in [7, 11) is 0. The predicted molar refractivity (Wildman–Crippen MR) is 109 cm³/mol. The summed E-state index contributed by atoms with van der Waals surface area (Å²) in [6.07, 6.45) is 8.00. The fourth-order valence-electron chi connectivity index (χ4n) is 3.08. The van der Waals surface area contributed by atoms with E-state index in [2.05, 4.69) is 30.2 Å². The van der Waals surface area contributed by atoms with Crippen molar-refractivity contribution >= 4 is 29.1 Å². The van der Waals surface area contributed by atoms with Crippen LogP contribution in [0, 0.1) is 0 Å². The Morgan fingerprint density at radius 1 is 0.964 bits per heavy atom. The topological polar surface area (TPSA) is 83.9 Å². The van der Waals surface area contributed by atoms with Crippen LogP contribution in [-0.4, -0.2) is 38.9 Å². The number of nitrogens with one attached hydrogen (secondary N) is 1. The maximum Gasteiger partial charge on any atom is 0.276 e. The molecule has 1 aliphatic heterocycles. The second kappa shape index (κ2) is 8.31. The smallest absolute Gasteiger partial charge is 0.276 e. The van der Waals surface area contributed by atoms with Gasteiger partial charge in [-0.15, -0.1) is 0 Å². The third-order valence-electron chi connectivity index (χ3n) is 4.53. The predicted octanol–water partition coefficient (Wildman–Crippen LogP) is 3.83. The standard InChI is InChI=1S/C20H19ClN6O/c21-16-13-24-20(27-9-5-2-6-10-27)26-17(16)19(28)25-15-11-22-18(23-12-15)14-7-3-1-4-8-14/h1,3-4,7-8,11-13H,2,5-6,9-10H2,(H,25,28). The number of carbonyl (C=O) groups is 1. The Labute approximate surface area is 167 Å². The van der Waals surface area contributed by atoms with Crippen molar-refractivity contribution in [2.45, 2.75) is 19.3 Å². The highest BCUT2D eigenvalue weighted by atomic mass is 35.5. The second-order valence-electron chi connectivity index (χ2n) is 6.53. The van der Waals surface area contributed by atoms with Crippen molar-refractivity contribution < 1.29 is 4.79 Å². The van der Waals surface area contributed by atoms with Crippen LogP contribution in [0.4, 0.5) is 11.6 Å². The number of aromatic nitrogens is 4. The largest absolute Gasteiger partial charge is 0.341 e. The fraction of sp³-hybridized carbons (Fsp3) is 0.250. The summed E-state index contributed by atoms with van der Waals surface area (Å²) in [6, 6.07) is 9.63. The molecule has 1 aromatic carbocycles. The number of carbonyl (C=O) groups excluding carboxylic acids is 1. The Morgan fingerprint density at radius 2 is 1.68 bits per heavy atom. The van der Waals surface area contributed by atoms with Gasteiger partial charge in [-0.2, -0.15) is 0 Å². The molecule has 1 amide bonds. The normalized spacial score (nSPS) is 14.0. The van der Waals surface area contributed by atoms with Crippen LogP contribution in [0.5, 0.6) is 0 Å². The zero-order valence-electron chi connectivity index (χ0n) is 15.2. The van der Waals surface area contributed by atoms with Crippen LogP contribution >= 0.6 is 11.6 Å². The molecule has 1 saturated heterocycles. The van der Waals surface area contributed by atoms with Gasteiger partial charge in [0.25, 0.3) is 5.91 Å². The van der Waals surface area contributed by atoms with Gasteiger partial charge in [-0.25, -0.2) is 19.9 Å². The molecule has 28 heavy (non-hydrogen) atoms. The molecule has 0 unspecified atom stereocenters. The Morgan fingerprint density at radius 3 is 2.39 bits per heavy atom. The molecule has 0 bridgehead atoms. The zero-order chi connectivity index (χ0) is 19.3. The average Bonchev–Trinajstić information content (AvgIpc) is 2.76. The SMILES string of the molecule is O=C(Nc1cnc(-c2ccccc2)nc1)c1nc(N2CCCCC2)ncc1Cl. The number of benzene rings is 1. The molecule has 0 atom stereocenters. The van der Waals surface area contributed by atoms with Gasteiger partial charge in [0.05, 0.1) is 29.3 Å². The average molecular weight is 395 g/mol. The summed E-state index contributed by atoms with van der Waals surface area (Å²) < 4.78 is 0. The van der Waals surface area contributed by atoms with Crippen LogP contribution in [0.3, 0.4) is 0 Å². The quantitative estimate of drug-likeness (QED) is 0.724. The number of hydrogen-bond acceptors (Lipinski definition) is 6. The maximum absolute atomic E-state index is 12.7. The van der Waals surface area contributed by atoms with Gasteiger partial charge < -0.3 is 10.2 Å². The van der Waals surface area contributed by atoms with Crippen LogP contribution in [0.2, 0.25) is 5.02 Å². The lowest BCUT2D eigenvalue weighted by atomic mass is 10.1. The van der Waals surface area contributed by atoms with Crippen molar-refractivity contribution in [1.29, 1.82) is 0 Å². The molecule has 8 heteroatoms. The van der Waals surface area contributed by atoms with Crippen molar-refractivity contribution in [3.05, 3.63) is 59.6 Å². The molecule has 1 N–H and O–H groups in total. The van der Waals surface area contributed by atoms with Crippen LogP contribution in [0.25, 0.3) is 11.4 Å². The van der Waals surface area contributed by atoms with E-state index in [4.69, 9.17) is 11.6 Å². The molecule has 142 valence electrons. The highest BCUT2D eigenvalue weighted by Gasteiger charge is 2.19. The van der Waals surface area contributed by atoms with E-state index in [0.29, 0.717) is 17.5 Å². The first-order chi connectivity index (χ1) is 13.7. The zero-order valence-corrected chi connectivity index (χ0v) is 15.9. The number of piperidine rings is 1. The molecular formula is C20H19ClN6O. The lowest BCUT2D eigenvalue weighted by Crippen LogP contribution is -2.31. The number of amides is 1. The van der Waals surface area contributed by atoms with E-state index in [1.54, 1.807) is 12.4 Å². The summed E-state index contributed by atoms with van der Waals surface area (Å²) >= 11 is 6.17. The van der Waals surface area contributed by atoms with E-state index in [9.17, 15) is 4.79 Å². The fourth-order valence-corrected chi connectivity index (χ4v) is 3.26. The number of anilines is 2. The minimum atomic E-state index is -0.415. The number of hydrogen-bond donors (Lipinski definition) is 1. The third-order valence-corrected chi connectivity index (χ3v) is 4.80. The molecule has 0 saturated carbocycles. The summed E-state index contributed by atoms with van der Waals surface area (Å²) in [5, 5.41) is 2.96. The minimum absolute atomic E-state index is 0.143. The molecule has 0 radical (unpaired) electrons. The van der Waals surface area contributed by atoms with Crippen molar-refractivity contribution in [1.82, 2.24) is 19.9 Å². The van der Waals surface area contributed by atoms with Gasteiger partial charge in [0.15, 0.2) is 11.5 Å². The van der Waals surface area contributed by atoms with E-state index in [0.717, 1.165) is 31.5 Å². The van der Waals surface area contributed by atoms with Crippen molar-refractivity contribution in [2.75, 3.05) is 23.3 Å². The van der Waals surface area contributed by atoms with Gasteiger partial charge in [-0.1, -0.05) is 41.9 Å². The van der Waals surface area contributed by atoms with Gasteiger partial charge in [-0.3, -0.25) is 4.79 Å². The van der Waals surface area contributed by atoms with E-state index < -0.39 is 5.91 Å². The molecule has 1 fully saturated rings. The van der Waals surface area contributed by atoms with E-state index in [1.807, 2.05) is 30.3 Å². The molecule has 0 spiro atoms. The van der Waals surface area contributed by atoms with E-state index >= 15 is 0 Å². The summed E-state index contributed by atoms with van der Waals surface area (Å²) in [6.45, 7) is 1.77. The highest BCUT2D eigenvalue weighted by Crippen LogP contribution is 2.21. The van der Waals surface area contributed by atoms with Gasteiger partial charge >= 0.3 is 0 Å². The first-order valence-electron chi connectivity index (χ1n) is 9.17. The summed E-state index contributed by atoms with van der Waals surface area (Å²) in [4.78, 5) is 32.0. The molecule has 7 nitrogen and oxygen atoms in total. The molecule has 2 aromatic heterocycles. The lowest BCUT2D eigenvalue weighted by molar-refractivity contribution is 0.102. The summed E-state index contributed by atoms with van der Waals surface area (Å²) in [5.74, 6) is 0.706. The van der Waals surface area contributed by atoms with Crippen molar-refractivity contribution in [3.8, 4) is 11.4 Å². The Bertz CT molecular complexity index is 958. The highest BCUT2D eigenvalue weighted by molar-refractivity contribution is 6.34. The molecule has 1 aliphatic rings. The first kappa shape index (κ1) is 18.3. The molecule has 3 aromatic rings. The molecular weight excluding hydrogens is 376 g/mol. The number of halogens is 1. The number of rotatable bonds is 4. The van der Waals surface area contributed by atoms with Crippen LogP contribution in [0.1, 0.15) is 29.8 Å². The minimum Gasteiger partial charge on any atom is -0.341 e. The third kappa shape index (κ3) is 4.09. The van der Waals surface area contributed by atoms with Gasteiger partial charge in [-0.05, 0) is 19.3 Å². The van der Waals surface area contributed by atoms with Crippen LogP contribution in [0.15, 0.2) is 48.9 Å². The van der Waals surface area contributed by atoms with E-state index in [1.165, 1.54) is 12.6 Å². The second-order valence-corrected chi connectivity index (χ2v) is 6.94. The number of nitrogens with zero attached hydrogens (tertiary/aromatic N) is 5. The molecule has 0 aliphatic carbocycles. The van der Waals surface area contributed by atoms with Gasteiger partial charge in [0.2, 0.25) is 5.95 Å². The van der Waals surface area contributed by atoms with Gasteiger partial charge in [0, 0.05) is 18.7 Å². The summed E-state index contributed by atoms with van der Waals surface area (Å²) in [5.41, 5.74) is 1.52. The van der Waals surface area contributed by atoms with E-state index in [-0.39, 0.29) is 10.7 Å². The van der Waals surface area contributed by atoms with Crippen LogP contribution < -0.4 is 10.2 Å². The first-order valence-corrected chi connectivity index (χ1v) is 9.55. The Hall–Kier alpha value is -3.06. The van der Waals surface area contributed by atoms with Crippen molar-refractivity contribution in [2.24, 2.45) is 0 Å². The molecule has 3 heterocycles. The maximum atomic E-state index is 12.7. The molecule has 4 rings (SSSR count). The Balaban J connectivity index is 1.50. The van der Waals surface area contributed by atoms with Crippen LogP contribution in [-0.2, 0) is 0 Å². The van der Waals surface area contributed by atoms with Gasteiger partial charge in [0.1, 0.15) is 0 Å². The van der Waals surface area contributed by atoms with Crippen molar-refractivity contribution in [3.63, 3.8) is 0 Å². The Kier molecular flexibility index (Phi) is 5.43. The lowest BCUT2D eigenvalue weighted by Gasteiger charge is -2.26.